The number of thioether (sulfide) groups is 1. The van der Waals surface area contributed by atoms with E-state index < -0.39 is 0 Å². The molecule has 0 bridgehead atoms. The summed E-state index contributed by atoms with van der Waals surface area (Å²) in [5, 5.41) is 10.6. The van der Waals surface area contributed by atoms with E-state index >= 15 is 0 Å². The van der Waals surface area contributed by atoms with Crippen molar-refractivity contribution >= 4 is 29.5 Å². The second kappa shape index (κ2) is 6.95. The SMILES string of the molecule is CCC(Sc1ccc(NC(C)=O)nn1)C(=O)OC. The Morgan fingerprint density at radius 1 is 1.44 bits per heavy atom. The Bertz CT molecular complexity index is 422. The average molecular weight is 269 g/mol. The van der Waals surface area contributed by atoms with Crippen LogP contribution in [0.4, 0.5) is 5.82 Å². The van der Waals surface area contributed by atoms with E-state index in [-0.39, 0.29) is 17.1 Å². The summed E-state index contributed by atoms with van der Waals surface area (Å²) < 4.78 is 4.69. The Hall–Kier alpha value is -1.63. The van der Waals surface area contributed by atoms with Gasteiger partial charge in [0.25, 0.3) is 0 Å². The maximum Gasteiger partial charge on any atom is 0.319 e. The number of anilines is 1. The molecule has 0 spiro atoms. The van der Waals surface area contributed by atoms with Gasteiger partial charge in [-0.05, 0) is 18.6 Å². The molecule has 0 aromatic carbocycles. The maximum atomic E-state index is 11.4. The molecule has 6 nitrogen and oxygen atoms in total. The molecule has 0 aliphatic heterocycles. The van der Waals surface area contributed by atoms with Crippen molar-refractivity contribution in [2.75, 3.05) is 12.4 Å². The predicted molar refractivity (Wildman–Crippen MR) is 68.3 cm³/mol. The van der Waals surface area contributed by atoms with Gasteiger partial charge < -0.3 is 10.1 Å². The van der Waals surface area contributed by atoms with Gasteiger partial charge in [-0.3, -0.25) is 9.59 Å². The number of rotatable bonds is 5. The fraction of sp³-hybridized carbons (Fsp3) is 0.455. The summed E-state index contributed by atoms with van der Waals surface area (Å²) in [5.41, 5.74) is 0. The summed E-state index contributed by atoms with van der Waals surface area (Å²) in [6, 6.07) is 3.34. The number of methoxy groups -OCH3 is 1. The molecular weight excluding hydrogens is 254 g/mol. The fourth-order valence-electron chi connectivity index (χ4n) is 1.21. The Labute approximate surface area is 110 Å². The molecule has 1 rings (SSSR count). The van der Waals surface area contributed by atoms with Crippen LogP contribution in [0.1, 0.15) is 20.3 Å². The van der Waals surface area contributed by atoms with Gasteiger partial charge in [0, 0.05) is 6.92 Å². The van der Waals surface area contributed by atoms with Gasteiger partial charge >= 0.3 is 5.97 Å². The third kappa shape index (κ3) is 4.33. The minimum atomic E-state index is -0.295. The molecular formula is C11H15N3O3S. The zero-order valence-corrected chi connectivity index (χ0v) is 11.3. The monoisotopic (exact) mass is 269 g/mol. The van der Waals surface area contributed by atoms with E-state index in [1.807, 2.05) is 6.92 Å². The number of nitrogens with zero attached hydrogens (tertiary/aromatic N) is 2. The predicted octanol–water partition coefficient (Wildman–Crippen LogP) is 1.48. The summed E-state index contributed by atoms with van der Waals surface area (Å²) in [7, 11) is 1.36. The number of hydrogen-bond donors (Lipinski definition) is 1. The first-order valence-corrected chi connectivity index (χ1v) is 6.30. The number of amides is 1. The van der Waals surface area contributed by atoms with Crippen LogP contribution in [-0.4, -0.2) is 34.4 Å². The van der Waals surface area contributed by atoms with Gasteiger partial charge in [0.1, 0.15) is 10.3 Å². The van der Waals surface area contributed by atoms with Gasteiger partial charge in [-0.1, -0.05) is 18.7 Å². The molecule has 18 heavy (non-hydrogen) atoms. The molecule has 1 unspecified atom stereocenters. The van der Waals surface area contributed by atoms with E-state index in [4.69, 9.17) is 0 Å². The Balaban J connectivity index is 2.67. The first-order valence-electron chi connectivity index (χ1n) is 5.42. The van der Waals surface area contributed by atoms with Crippen molar-refractivity contribution in [1.29, 1.82) is 0 Å². The highest BCUT2D eigenvalue weighted by atomic mass is 32.2. The number of carbonyl (C=O) groups excluding carboxylic acids is 2. The Kier molecular flexibility index (Phi) is 5.57. The van der Waals surface area contributed by atoms with Crippen molar-refractivity contribution in [3.05, 3.63) is 12.1 Å². The van der Waals surface area contributed by atoms with Crippen LogP contribution in [0.5, 0.6) is 0 Å². The number of carbonyl (C=O) groups is 2. The van der Waals surface area contributed by atoms with Crippen LogP contribution in [0.3, 0.4) is 0 Å². The fourth-order valence-corrected chi connectivity index (χ4v) is 2.09. The van der Waals surface area contributed by atoms with Crippen molar-refractivity contribution in [3.63, 3.8) is 0 Å². The highest BCUT2D eigenvalue weighted by Gasteiger charge is 2.19. The average Bonchev–Trinajstić information content (AvgIpc) is 2.36. The third-order valence-corrected chi connectivity index (χ3v) is 3.31. The largest absolute Gasteiger partial charge is 0.468 e. The van der Waals surface area contributed by atoms with Crippen molar-refractivity contribution in [2.24, 2.45) is 0 Å². The highest BCUT2D eigenvalue weighted by Crippen LogP contribution is 2.24. The van der Waals surface area contributed by atoms with Crippen LogP contribution in [0.25, 0.3) is 0 Å². The van der Waals surface area contributed by atoms with E-state index in [0.29, 0.717) is 17.3 Å². The first-order chi connectivity index (χ1) is 8.56. The normalized spacial score (nSPS) is 11.7. The maximum absolute atomic E-state index is 11.4. The van der Waals surface area contributed by atoms with Gasteiger partial charge in [0.15, 0.2) is 5.82 Å². The van der Waals surface area contributed by atoms with Crippen LogP contribution in [-0.2, 0) is 14.3 Å². The van der Waals surface area contributed by atoms with Crippen molar-refractivity contribution in [3.8, 4) is 0 Å². The first kappa shape index (κ1) is 14.4. The van der Waals surface area contributed by atoms with E-state index in [2.05, 4.69) is 20.3 Å². The molecule has 7 heteroatoms. The number of hydrogen-bond acceptors (Lipinski definition) is 6. The Morgan fingerprint density at radius 3 is 2.61 bits per heavy atom. The van der Waals surface area contributed by atoms with Crippen LogP contribution in [0.2, 0.25) is 0 Å². The van der Waals surface area contributed by atoms with Crippen LogP contribution < -0.4 is 5.32 Å². The molecule has 0 saturated carbocycles. The second-order valence-electron chi connectivity index (χ2n) is 3.48. The topological polar surface area (TPSA) is 81.2 Å². The zero-order chi connectivity index (χ0) is 13.5. The highest BCUT2D eigenvalue weighted by molar-refractivity contribution is 8.00. The van der Waals surface area contributed by atoms with Crippen molar-refractivity contribution in [2.45, 2.75) is 30.5 Å². The van der Waals surface area contributed by atoms with Gasteiger partial charge in [-0.15, -0.1) is 10.2 Å². The zero-order valence-electron chi connectivity index (χ0n) is 10.5. The number of nitrogens with one attached hydrogen (secondary N) is 1. The molecule has 1 atom stereocenters. The van der Waals surface area contributed by atoms with E-state index in [1.165, 1.54) is 25.8 Å². The number of esters is 1. The Morgan fingerprint density at radius 2 is 2.17 bits per heavy atom. The van der Waals surface area contributed by atoms with Crippen molar-refractivity contribution in [1.82, 2.24) is 10.2 Å². The lowest BCUT2D eigenvalue weighted by Gasteiger charge is -2.10. The summed E-state index contributed by atoms with van der Waals surface area (Å²) in [6.07, 6.45) is 0.645. The lowest BCUT2D eigenvalue weighted by Crippen LogP contribution is -2.18. The summed E-state index contributed by atoms with van der Waals surface area (Å²) in [4.78, 5) is 22.2. The number of ether oxygens (including phenoxy) is 1. The van der Waals surface area contributed by atoms with Gasteiger partial charge in [0.05, 0.1) is 7.11 Å². The van der Waals surface area contributed by atoms with Gasteiger partial charge in [-0.25, -0.2) is 0 Å². The third-order valence-electron chi connectivity index (χ3n) is 2.04. The second-order valence-corrected chi connectivity index (χ2v) is 4.70. The molecule has 1 aromatic heterocycles. The lowest BCUT2D eigenvalue weighted by atomic mass is 10.3. The van der Waals surface area contributed by atoms with Gasteiger partial charge in [-0.2, -0.15) is 0 Å². The lowest BCUT2D eigenvalue weighted by molar-refractivity contribution is -0.140. The molecule has 98 valence electrons. The van der Waals surface area contributed by atoms with Crippen LogP contribution >= 0.6 is 11.8 Å². The summed E-state index contributed by atoms with van der Waals surface area (Å²) >= 11 is 1.29. The van der Waals surface area contributed by atoms with E-state index in [1.54, 1.807) is 12.1 Å². The summed E-state index contributed by atoms with van der Waals surface area (Å²) in [6.45, 7) is 3.29. The molecule has 0 saturated heterocycles. The van der Waals surface area contributed by atoms with E-state index in [0.717, 1.165) is 0 Å². The minimum absolute atomic E-state index is 0.203. The molecule has 1 aromatic rings. The van der Waals surface area contributed by atoms with Crippen LogP contribution in [0, 0.1) is 0 Å². The standard InChI is InChI=1S/C11H15N3O3S/c1-4-8(11(16)17-3)18-10-6-5-9(13-14-10)12-7(2)15/h5-6,8H,4H2,1-3H3,(H,12,13,15). The van der Waals surface area contributed by atoms with E-state index in [9.17, 15) is 9.59 Å². The molecule has 0 aliphatic rings. The van der Waals surface area contributed by atoms with Crippen LogP contribution in [0.15, 0.2) is 17.2 Å². The minimum Gasteiger partial charge on any atom is -0.468 e. The molecule has 0 aliphatic carbocycles. The van der Waals surface area contributed by atoms with Crippen molar-refractivity contribution < 1.29 is 14.3 Å². The molecule has 1 heterocycles. The smallest absolute Gasteiger partial charge is 0.319 e. The molecule has 1 amide bonds. The van der Waals surface area contributed by atoms with Gasteiger partial charge in [0.2, 0.25) is 5.91 Å². The quantitative estimate of drug-likeness (QED) is 0.644. The summed E-state index contributed by atoms with van der Waals surface area (Å²) in [5.74, 6) is -0.0982. The number of aromatic nitrogens is 2. The molecule has 0 fully saturated rings. The molecule has 1 N–H and O–H groups in total. The molecule has 0 radical (unpaired) electrons.